The highest BCUT2D eigenvalue weighted by Crippen LogP contribution is 2.17. The zero-order chi connectivity index (χ0) is 18.6. The molecule has 1 atom stereocenters. The van der Waals surface area contributed by atoms with Crippen LogP contribution < -0.4 is 0 Å². The normalized spacial score (nSPS) is 18.8. The van der Waals surface area contributed by atoms with Gasteiger partial charge in [0.05, 0.1) is 12.7 Å². The average molecular weight is 348 g/mol. The minimum atomic E-state index is -0.473. The van der Waals surface area contributed by atoms with E-state index in [1.165, 1.54) is 7.11 Å². The fourth-order valence-corrected chi connectivity index (χ4v) is 2.82. The number of carbonyl (C=O) groups excluding carboxylic acids is 2. The molecule has 0 radical (unpaired) electrons. The summed E-state index contributed by atoms with van der Waals surface area (Å²) in [5.41, 5.74) is 1.21. The van der Waals surface area contributed by atoms with Crippen molar-refractivity contribution in [2.24, 2.45) is 0 Å². The van der Waals surface area contributed by atoms with Gasteiger partial charge < -0.3 is 14.4 Å². The minimum Gasteiger partial charge on any atom is -0.465 e. The van der Waals surface area contributed by atoms with Crippen LogP contribution in [0.2, 0.25) is 0 Å². The molecule has 1 heterocycles. The summed E-state index contributed by atoms with van der Waals surface area (Å²) in [6, 6.07) is 7.69. The quantitative estimate of drug-likeness (QED) is 0.786. The van der Waals surface area contributed by atoms with E-state index in [2.05, 4.69) is 11.8 Å². The van der Waals surface area contributed by atoms with Crippen LogP contribution in [0.4, 0.5) is 4.79 Å². The van der Waals surface area contributed by atoms with Crippen LogP contribution >= 0.6 is 0 Å². The number of hydrogen-bond acceptors (Lipinski definition) is 5. The molecule has 138 valence electrons. The van der Waals surface area contributed by atoms with Crippen LogP contribution in [0.15, 0.2) is 24.3 Å². The summed E-state index contributed by atoms with van der Waals surface area (Å²) in [4.78, 5) is 27.8. The third kappa shape index (κ3) is 5.46. The summed E-state index contributed by atoms with van der Waals surface area (Å²) >= 11 is 0. The standard InChI is InChI=1S/C19H28N2O4/c1-14-12-21(18(23)25-19(2,3)4)11-10-20(14)13-15-6-8-16(9-7-15)17(22)24-5/h6-9,14H,10-13H2,1-5H3. The summed E-state index contributed by atoms with van der Waals surface area (Å²) in [5.74, 6) is -0.328. The Morgan fingerprint density at radius 1 is 1.16 bits per heavy atom. The van der Waals surface area contributed by atoms with Crippen molar-refractivity contribution in [2.75, 3.05) is 26.7 Å². The second kappa shape index (κ2) is 7.87. The molecular formula is C19H28N2O4. The molecule has 6 nitrogen and oxygen atoms in total. The van der Waals surface area contributed by atoms with Crippen LogP contribution in [0.5, 0.6) is 0 Å². The van der Waals surface area contributed by atoms with Gasteiger partial charge in [0.1, 0.15) is 5.60 Å². The lowest BCUT2D eigenvalue weighted by Crippen LogP contribution is -2.54. The maximum absolute atomic E-state index is 12.2. The first kappa shape index (κ1) is 19.2. The largest absolute Gasteiger partial charge is 0.465 e. The van der Waals surface area contributed by atoms with Crippen molar-refractivity contribution >= 4 is 12.1 Å². The van der Waals surface area contributed by atoms with E-state index in [9.17, 15) is 9.59 Å². The van der Waals surface area contributed by atoms with Crippen LogP contribution in [-0.2, 0) is 16.0 Å². The summed E-state index contributed by atoms with van der Waals surface area (Å²) in [6.07, 6.45) is -0.249. The number of piperazine rings is 1. The van der Waals surface area contributed by atoms with Gasteiger partial charge in [-0.3, -0.25) is 4.90 Å². The van der Waals surface area contributed by atoms with Crippen LogP contribution in [0, 0.1) is 0 Å². The molecule has 0 bridgehead atoms. The topological polar surface area (TPSA) is 59.1 Å². The van der Waals surface area contributed by atoms with E-state index in [0.29, 0.717) is 18.7 Å². The monoisotopic (exact) mass is 348 g/mol. The van der Waals surface area contributed by atoms with Crippen molar-refractivity contribution in [3.63, 3.8) is 0 Å². The Labute approximate surface area is 149 Å². The van der Waals surface area contributed by atoms with Gasteiger partial charge in [-0.05, 0) is 45.4 Å². The number of amides is 1. The van der Waals surface area contributed by atoms with E-state index in [4.69, 9.17) is 9.47 Å². The van der Waals surface area contributed by atoms with Crippen molar-refractivity contribution < 1.29 is 19.1 Å². The summed E-state index contributed by atoms with van der Waals surface area (Å²) in [6.45, 7) is 10.6. The number of benzene rings is 1. The second-order valence-electron chi connectivity index (χ2n) is 7.43. The first-order chi connectivity index (χ1) is 11.7. The lowest BCUT2D eigenvalue weighted by molar-refractivity contribution is 0.00461. The molecular weight excluding hydrogens is 320 g/mol. The number of esters is 1. The number of rotatable bonds is 3. The SMILES string of the molecule is COC(=O)c1ccc(CN2CCN(C(=O)OC(C)(C)C)CC2C)cc1. The number of nitrogens with zero attached hydrogens (tertiary/aromatic N) is 2. The predicted octanol–water partition coefficient (Wildman–Crippen LogP) is 2.91. The third-order valence-electron chi connectivity index (χ3n) is 4.18. The van der Waals surface area contributed by atoms with Gasteiger partial charge in [-0.1, -0.05) is 12.1 Å². The highest BCUT2D eigenvalue weighted by atomic mass is 16.6. The van der Waals surface area contributed by atoms with Gasteiger partial charge in [-0.15, -0.1) is 0 Å². The average Bonchev–Trinajstić information content (AvgIpc) is 2.55. The van der Waals surface area contributed by atoms with Crippen molar-refractivity contribution in [3.05, 3.63) is 35.4 Å². The van der Waals surface area contributed by atoms with Crippen molar-refractivity contribution in [1.82, 2.24) is 9.80 Å². The highest BCUT2D eigenvalue weighted by Gasteiger charge is 2.29. The van der Waals surface area contributed by atoms with E-state index in [0.717, 1.165) is 18.7 Å². The molecule has 6 heteroatoms. The van der Waals surface area contributed by atoms with E-state index >= 15 is 0 Å². The molecule has 1 unspecified atom stereocenters. The lowest BCUT2D eigenvalue weighted by Gasteiger charge is -2.40. The van der Waals surface area contributed by atoms with Gasteiger partial charge in [0.25, 0.3) is 0 Å². The fourth-order valence-electron chi connectivity index (χ4n) is 2.82. The maximum Gasteiger partial charge on any atom is 0.410 e. The number of carbonyl (C=O) groups is 2. The van der Waals surface area contributed by atoms with Crippen molar-refractivity contribution in [3.8, 4) is 0 Å². The molecule has 0 saturated carbocycles. The zero-order valence-corrected chi connectivity index (χ0v) is 15.7. The van der Waals surface area contributed by atoms with Crippen LogP contribution in [0.25, 0.3) is 0 Å². The summed E-state index contributed by atoms with van der Waals surface area (Å²) in [5, 5.41) is 0. The Morgan fingerprint density at radius 3 is 2.32 bits per heavy atom. The zero-order valence-electron chi connectivity index (χ0n) is 15.7. The van der Waals surface area contributed by atoms with E-state index in [1.54, 1.807) is 17.0 Å². The Morgan fingerprint density at radius 2 is 1.80 bits per heavy atom. The molecule has 1 fully saturated rings. The van der Waals surface area contributed by atoms with Gasteiger partial charge in [-0.2, -0.15) is 0 Å². The Balaban J connectivity index is 1.91. The molecule has 1 amide bonds. The molecule has 2 rings (SSSR count). The predicted molar refractivity (Wildman–Crippen MR) is 95.5 cm³/mol. The Hall–Kier alpha value is -2.08. The van der Waals surface area contributed by atoms with Gasteiger partial charge >= 0.3 is 12.1 Å². The molecule has 1 saturated heterocycles. The van der Waals surface area contributed by atoms with Crippen molar-refractivity contribution in [1.29, 1.82) is 0 Å². The molecule has 25 heavy (non-hydrogen) atoms. The molecule has 0 aromatic heterocycles. The van der Waals surface area contributed by atoms with Gasteiger partial charge in [-0.25, -0.2) is 9.59 Å². The first-order valence-electron chi connectivity index (χ1n) is 8.59. The van der Waals surface area contributed by atoms with Crippen LogP contribution in [-0.4, -0.2) is 60.2 Å². The van der Waals surface area contributed by atoms with Crippen LogP contribution in [0.3, 0.4) is 0 Å². The maximum atomic E-state index is 12.2. The Bertz CT molecular complexity index is 607. The Kier molecular flexibility index (Phi) is 6.06. The molecule has 1 aromatic carbocycles. The molecule has 1 aliphatic heterocycles. The highest BCUT2D eigenvalue weighted by molar-refractivity contribution is 5.89. The molecule has 1 aromatic rings. The molecule has 1 aliphatic rings. The van der Waals surface area contributed by atoms with E-state index in [-0.39, 0.29) is 18.1 Å². The summed E-state index contributed by atoms with van der Waals surface area (Å²) in [7, 11) is 1.38. The molecule has 0 aliphatic carbocycles. The summed E-state index contributed by atoms with van der Waals surface area (Å²) < 4.78 is 10.2. The lowest BCUT2D eigenvalue weighted by atomic mass is 10.1. The van der Waals surface area contributed by atoms with Gasteiger partial charge in [0, 0.05) is 32.2 Å². The van der Waals surface area contributed by atoms with Crippen LogP contribution in [0.1, 0.15) is 43.6 Å². The van der Waals surface area contributed by atoms with E-state index in [1.807, 2.05) is 32.9 Å². The molecule has 0 N–H and O–H groups in total. The fraction of sp³-hybridized carbons (Fsp3) is 0.579. The first-order valence-corrected chi connectivity index (χ1v) is 8.59. The number of hydrogen-bond donors (Lipinski definition) is 0. The number of ether oxygens (including phenoxy) is 2. The number of methoxy groups -OCH3 is 1. The minimum absolute atomic E-state index is 0.238. The van der Waals surface area contributed by atoms with Gasteiger partial charge in [0.15, 0.2) is 0 Å². The molecule has 0 spiro atoms. The van der Waals surface area contributed by atoms with E-state index < -0.39 is 5.60 Å². The smallest absolute Gasteiger partial charge is 0.410 e. The van der Waals surface area contributed by atoms with Gasteiger partial charge in [0.2, 0.25) is 0 Å². The van der Waals surface area contributed by atoms with Crippen molar-refractivity contribution in [2.45, 2.75) is 45.9 Å². The second-order valence-corrected chi connectivity index (χ2v) is 7.43. The third-order valence-corrected chi connectivity index (χ3v) is 4.18.